The molecule has 5 aliphatic rings. The minimum atomic E-state index is -1.29. The Labute approximate surface area is 242 Å². The number of carbonyl (C=O) groups is 2. The van der Waals surface area contributed by atoms with E-state index in [9.17, 15) is 9.59 Å². The van der Waals surface area contributed by atoms with E-state index in [-0.39, 0.29) is 34.5 Å². The number of benzene rings is 1. The summed E-state index contributed by atoms with van der Waals surface area (Å²) >= 11 is 1.27. The molecule has 1 aliphatic carbocycles. The van der Waals surface area contributed by atoms with Crippen LogP contribution in [0.3, 0.4) is 0 Å². The Morgan fingerprint density at radius 2 is 1.82 bits per heavy atom. The van der Waals surface area contributed by atoms with Crippen molar-refractivity contribution in [2.75, 3.05) is 19.9 Å². The number of ether oxygens (including phenoxy) is 4. The van der Waals surface area contributed by atoms with E-state index in [1.54, 1.807) is 0 Å². The third-order valence-corrected chi connectivity index (χ3v) is 10.3. The van der Waals surface area contributed by atoms with Gasteiger partial charge >= 0.3 is 5.97 Å². The van der Waals surface area contributed by atoms with E-state index >= 15 is 0 Å². The fourth-order valence-electron chi connectivity index (χ4n) is 7.81. The number of fused-ring (bicyclic) bond motifs is 3. The van der Waals surface area contributed by atoms with Crippen LogP contribution in [0.1, 0.15) is 97.1 Å². The first-order valence-electron chi connectivity index (χ1n) is 14.8. The summed E-state index contributed by atoms with van der Waals surface area (Å²) in [5.74, 6) is 1.08. The van der Waals surface area contributed by atoms with E-state index in [0.29, 0.717) is 6.42 Å². The average Bonchev–Trinajstić information content (AvgIpc) is 3.51. The van der Waals surface area contributed by atoms with Crippen molar-refractivity contribution in [3.63, 3.8) is 0 Å². The maximum absolute atomic E-state index is 14.4. The van der Waals surface area contributed by atoms with Gasteiger partial charge in [-0.3, -0.25) is 9.69 Å². The molecule has 4 atom stereocenters. The van der Waals surface area contributed by atoms with Crippen molar-refractivity contribution < 1.29 is 28.5 Å². The lowest BCUT2D eigenvalue weighted by atomic mass is 9.77. The van der Waals surface area contributed by atoms with E-state index in [0.717, 1.165) is 62.3 Å². The van der Waals surface area contributed by atoms with Crippen LogP contribution in [0.4, 0.5) is 0 Å². The number of esters is 1. The fourth-order valence-corrected chi connectivity index (χ4v) is 8.79. The molecule has 0 N–H and O–H groups in total. The highest BCUT2D eigenvalue weighted by atomic mass is 32.2. The van der Waals surface area contributed by atoms with Crippen LogP contribution < -0.4 is 9.47 Å². The lowest BCUT2D eigenvalue weighted by molar-refractivity contribution is -0.212. The molecule has 4 aliphatic heterocycles. The molecule has 40 heavy (non-hydrogen) atoms. The number of hydrogen-bond acceptors (Lipinski definition) is 8. The van der Waals surface area contributed by atoms with Crippen molar-refractivity contribution >= 4 is 22.8 Å². The van der Waals surface area contributed by atoms with Gasteiger partial charge in [0, 0.05) is 17.2 Å². The minimum Gasteiger partial charge on any atom is -0.455 e. The molecular weight excluding hydrogens is 526 g/mol. The Hall–Kier alpha value is -2.03. The van der Waals surface area contributed by atoms with Crippen LogP contribution >= 0.6 is 11.8 Å². The van der Waals surface area contributed by atoms with Gasteiger partial charge in [-0.05, 0) is 94.7 Å². The molecule has 0 bridgehead atoms. The Morgan fingerprint density at radius 3 is 2.55 bits per heavy atom. The Balaban J connectivity index is 1.36. The second kappa shape index (κ2) is 9.77. The topological polar surface area (TPSA) is 74.3 Å². The lowest BCUT2D eigenvalue weighted by Crippen LogP contribution is -2.54. The second-order valence-corrected chi connectivity index (χ2v) is 15.8. The third-order valence-electron chi connectivity index (χ3n) is 9.27. The van der Waals surface area contributed by atoms with Crippen molar-refractivity contribution in [2.45, 2.75) is 120 Å². The van der Waals surface area contributed by atoms with Crippen LogP contribution in [-0.2, 0) is 25.5 Å². The molecule has 0 saturated carbocycles. The molecule has 0 radical (unpaired) electrons. The summed E-state index contributed by atoms with van der Waals surface area (Å²) in [7, 11) is 0. The van der Waals surface area contributed by atoms with Crippen molar-refractivity contribution in [1.29, 1.82) is 0 Å². The summed E-state index contributed by atoms with van der Waals surface area (Å²) < 4.78 is 24.4. The summed E-state index contributed by atoms with van der Waals surface area (Å²) in [6.45, 7) is 14.4. The molecule has 1 spiro atoms. The van der Waals surface area contributed by atoms with E-state index in [1.165, 1.54) is 22.9 Å². The molecule has 218 valence electrons. The standard InChI is InChI=1S/C32H43NO6S/c1-20-17-31-11-8-13-33(31)14-9-21-15-23-24(37-19-36-23)16-22(21)26(31)27(20)38-28(35)32(12-7-10-30(5,6)39-32)18-25(34)40-29(2,3)4/h15-17,26-27H,7-14,18-19H2,1-6H3/t26-,27?,31+,32?/m1/s1. The molecule has 4 heterocycles. The fraction of sp³-hybridized carbons (Fsp3) is 0.688. The van der Waals surface area contributed by atoms with Gasteiger partial charge in [0.2, 0.25) is 6.79 Å². The zero-order chi connectivity index (χ0) is 28.5. The van der Waals surface area contributed by atoms with Crippen LogP contribution in [-0.4, -0.2) is 63.5 Å². The quantitative estimate of drug-likeness (QED) is 0.327. The predicted octanol–water partition coefficient (Wildman–Crippen LogP) is 5.93. The summed E-state index contributed by atoms with van der Waals surface area (Å²) in [5, 5.41) is -0.0354. The Morgan fingerprint density at radius 1 is 1.07 bits per heavy atom. The Bertz CT molecular complexity index is 1250. The highest BCUT2D eigenvalue weighted by Crippen LogP contribution is 2.56. The van der Waals surface area contributed by atoms with Gasteiger partial charge in [0.05, 0.1) is 17.6 Å². The van der Waals surface area contributed by atoms with Crippen LogP contribution in [0, 0.1) is 0 Å². The molecule has 1 aromatic rings. The van der Waals surface area contributed by atoms with Gasteiger partial charge in [-0.25, -0.2) is 4.79 Å². The number of carbonyl (C=O) groups excluding carboxylic acids is 2. The van der Waals surface area contributed by atoms with Crippen molar-refractivity contribution in [3.8, 4) is 11.5 Å². The van der Waals surface area contributed by atoms with Crippen LogP contribution in [0.15, 0.2) is 23.8 Å². The molecule has 1 aromatic carbocycles. The SMILES string of the molecule is CC1=C[C@]23CCCN2CCc2cc4c(cc2[C@@H]3C1OC(=O)C1(CC(=O)SC(C)(C)C)CCCC(C)(C)O1)OCO4. The highest BCUT2D eigenvalue weighted by molar-refractivity contribution is 8.14. The maximum atomic E-state index is 14.4. The van der Waals surface area contributed by atoms with Gasteiger partial charge in [0.25, 0.3) is 0 Å². The number of nitrogens with zero attached hydrogens (tertiary/aromatic N) is 1. The molecule has 2 fully saturated rings. The number of rotatable bonds is 4. The van der Waals surface area contributed by atoms with Gasteiger partial charge in [-0.15, -0.1) is 0 Å². The first-order valence-corrected chi connectivity index (χ1v) is 15.6. The van der Waals surface area contributed by atoms with Crippen molar-refractivity contribution in [1.82, 2.24) is 4.90 Å². The van der Waals surface area contributed by atoms with Crippen LogP contribution in [0.2, 0.25) is 0 Å². The summed E-state index contributed by atoms with van der Waals surface area (Å²) in [5.41, 5.74) is 1.47. The largest absolute Gasteiger partial charge is 0.455 e. The first-order chi connectivity index (χ1) is 18.8. The van der Waals surface area contributed by atoms with Crippen molar-refractivity contribution in [2.24, 2.45) is 0 Å². The van der Waals surface area contributed by atoms with Gasteiger partial charge in [-0.1, -0.05) is 38.6 Å². The number of hydrogen-bond donors (Lipinski definition) is 0. The highest BCUT2D eigenvalue weighted by Gasteiger charge is 2.58. The Kier molecular flexibility index (Phi) is 6.87. The van der Waals surface area contributed by atoms with Gasteiger partial charge < -0.3 is 18.9 Å². The molecule has 0 amide bonds. The second-order valence-electron chi connectivity index (χ2n) is 13.9. The van der Waals surface area contributed by atoms with E-state index < -0.39 is 23.3 Å². The normalized spacial score (nSPS) is 32.5. The predicted molar refractivity (Wildman–Crippen MR) is 155 cm³/mol. The smallest absolute Gasteiger partial charge is 0.339 e. The molecule has 2 saturated heterocycles. The molecule has 0 aromatic heterocycles. The maximum Gasteiger partial charge on any atom is 0.339 e. The molecular formula is C32H43NO6S. The van der Waals surface area contributed by atoms with E-state index in [1.807, 2.05) is 34.6 Å². The zero-order valence-corrected chi connectivity index (χ0v) is 25.6. The summed E-state index contributed by atoms with van der Waals surface area (Å²) in [4.78, 5) is 30.2. The van der Waals surface area contributed by atoms with Crippen LogP contribution in [0.5, 0.6) is 11.5 Å². The van der Waals surface area contributed by atoms with Gasteiger partial charge in [0.15, 0.2) is 22.2 Å². The van der Waals surface area contributed by atoms with E-state index in [4.69, 9.17) is 18.9 Å². The lowest BCUT2D eigenvalue weighted by Gasteiger charge is -2.45. The summed E-state index contributed by atoms with van der Waals surface area (Å²) in [6, 6.07) is 4.25. The van der Waals surface area contributed by atoms with E-state index in [2.05, 4.69) is 30.0 Å². The first kappa shape index (κ1) is 28.1. The molecule has 7 nitrogen and oxygen atoms in total. The third kappa shape index (κ3) is 4.88. The molecule has 2 unspecified atom stereocenters. The summed E-state index contributed by atoms with van der Waals surface area (Å²) in [6.07, 6.45) is 7.11. The number of thioether (sulfide) groups is 1. The van der Waals surface area contributed by atoms with Gasteiger partial charge in [0.1, 0.15) is 6.10 Å². The van der Waals surface area contributed by atoms with Crippen LogP contribution in [0.25, 0.3) is 0 Å². The van der Waals surface area contributed by atoms with Crippen molar-refractivity contribution in [3.05, 3.63) is 34.9 Å². The minimum absolute atomic E-state index is 0.0177. The molecule has 8 heteroatoms. The monoisotopic (exact) mass is 569 g/mol. The zero-order valence-electron chi connectivity index (χ0n) is 24.8. The average molecular weight is 570 g/mol. The molecule has 6 rings (SSSR count). The van der Waals surface area contributed by atoms with Gasteiger partial charge in [-0.2, -0.15) is 0 Å².